The highest BCUT2D eigenvalue weighted by atomic mass is 19.1. The van der Waals surface area contributed by atoms with Crippen LogP contribution < -0.4 is 0 Å². The second-order valence-corrected chi connectivity index (χ2v) is 5.05. The number of halogens is 2. The summed E-state index contributed by atoms with van der Waals surface area (Å²) < 4.78 is 28.2. The smallest absolute Gasteiger partial charge is 0.137 e. The van der Waals surface area contributed by atoms with Crippen molar-refractivity contribution >= 4 is 10.8 Å². The predicted octanol–water partition coefficient (Wildman–Crippen LogP) is 5.19. The molecule has 0 spiro atoms. The summed E-state index contributed by atoms with van der Waals surface area (Å²) in [5.74, 6) is -1.00. The number of benzene rings is 2. The molecule has 0 N–H and O–H groups in total. The van der Waals surface area contributed by atoms with Gasteiger partial charge in [0.15, 0.2) is 0 Å². The molecule has 0 heterocycles. The van der Waals surface area contributed by atoms with Crippen molar-refractivity contribution in [1.82, 2.24) is 0 Å². The fourth-order valence-electron chi connectivity index (χ4n) is 2.37. The van der Waals surface area contributed by atoms with Gasteiger partial charge < -0.3 is 0 Å². The molecule has 0 atom stereocenters. The Hall–Kier alpha value is -1.44. The van der Waals surface area contributed by atoms with Gasteiger partial charge in [-0.15, -0.1) is 0 Å². The SMILES string of the molecule is CCCc1ccc2c(F)c(C(C)C)c(F)cc2c1. The van der Waals surface area contributed by atoms with Crippen LogP contribution in [0.2, 0.25) is 0 Å². The molecular weight excluding hydrogens is 230 g/mol. The lowest BCUT2D eigenvalue weighted by atomic mass is 9.96. The lowest BCUT2D eigenvalue weighted by Gasteiger charge is -2.12. The van der Waals surface area contributed by atoms with E-state index < -0.39 is 11.6 Å². The van der Waals surface area contributed by atoms with Crippen LogP contribution in [0.25, 0.3) is 10.8 Å². The van der Waals surface area contributed by atoms with E-state index in [2.05, 4.69) is 6.92 Å². The van der Waals surface area contributed by atoms with Gasteiger partial charge in [-0.1, -0.05) is 45.4 Å². The maximum atomic E-state index is 14.3. The highest BCUT2D eigenvalue weighted by molar-refractivity contribution is 5.85. The summed E-state index contributed by atoms with van der Waals surface area (Å²) in [5, 5.41) is 1.17. The third-order valence-corrected chi connectivity index (χ3v) is 3.24. The molecule has 2 aromatic rings. The van der Waals surface area contributed by atoms with Crippen LogP contribution in [0.5, 0.6) is 0 Å². The maximum Gasteiger partial charge on any atom is 0.137 e. The van der Waals surface area contributed by atoms with Gasteiger partial charge in [0.1, 0.15) is 11.6 Å². The van der Waals surface area contributed by atoms with Crippen molar-refractivity contribution in [3.8, 4) is 0 Å². The van der Waals surface area contributed by atoms with Crippen molar-refractivity contribution < 1.29 is 8.78 Å². The summed E-state index contributed by atoms with van der Waals surface area (Å²) in [4.78, 5) is 0. The van der Waals surface area contributed by atoms with Crippen LogP contribution in [0.15, 0.2) is 24.3 Å². The van der Waals surface area contributed by atoms with Gasteiger partial charge in [0.05, 0.1) is 0 Å². The molecule has 2 heteroatoms. The molecule has 0 aliphatic carbocycles. The van der Waals surface area contributed by atoms with Crippen molar-refractivity contribution in [2.75, 3.05) is 0 Å². The van der Waals surface area contributed by atoms with Crippen molar-refractivity contribution in [3.63, 3.8) is 0 Å². The van der Waals surface area contributed by atoms with E-state index in [0.29, 0.717) is 10.8 Å². The molecule has 0 nitrogen and oxygen atoms in total. The van der Waals surface area contributed by atoms with Crippen molar-refractivity contribution in [2.45, 2.75) is 39.5 Å². The Labute approximate surface area is 107 Å². The van der Waals surface area contributed by atoms with Crippen LogP contribution in [-0.2, 0) is 6.42 Å². The number of hydrogen-bond donors (Lipinski definition) is 0. The number of fused-ring (bicyclic) bond motifs is 1. The van der Waals surface area contributed by atoms with Crippen LogP contribution in [0.1, 0.15) is 44.2 Å². The van der Waals surface area contributed by atoms with Gasteiger partial charge in [-0.25, -0.2) is 8.78 Å². The number of rotatable bonds is 3. The second kappa shape index (κ2) is 5.05. The Morgan fingerprint density at radius 1 is 1.11 bits per heavy atom. The van der Waals surface area contributed by atoms with Crippen molar-refractivity contribution in [3.05, 3.63) is 47.0 Å². The highest BCUT2D eigenvalue weighted by Gasteiger charge is 2.16. The third kappa shape index (κ3) is 2.24. The van der Waals surface area contributed by atoms with Gasteiger partial charge in [0, 0.05) is 10.9 Å². The van der Waals surface area contributed by atoms with Gasteiger partial charge in [0.25, 0.3) is 0 Å². The van der Waals surface area contributed by atoms with Crippen molar-refractivity contribution in [1.29, 1.82) is 0 Å². The lowest BCUT2D eigenvalue weighted by molar-refractivity contribution is 0.550. The summed E-state index contributed by atoms with van der Waals surface area (Å²) in [6.45, 7) is 5.70. The van der Waals surface area contributed by atoms with Gasteiger partial charge in [-0.05, 0) is 29.4 Å². The second-order valence-electron chi connectivity index (χ2n) is 5.05. The Bertz CT molecular complexity index is 571. The number of aryl methyl sites for hydroxylation is 1. The predicted molar refractivity (Wildman–Crippen MR) is 71.9 cm³/mol. The number of hydrogen-bond acceptors (Lipinski definition) is 0. The summed E-state index contributed by atoms with van der Waals surface area (Å²) >= 11 is 0. The van der Waals surface area contributed by atoms with E-state index >= 15 is 0 Å². The average molecular weight is 248 g/mol. The van der Waals surface area contributed by atoms with Crippen LogP contribution >= 0.6 is 0 Å². The van der Waals surface area contributed by atoms with E-state index in [9.17, 15) is 8.78 Å². The van der Waals surface area contributed by atoms with E-state index in [1.165, 1.54) is 6.07 Å². The van der Waals surface area contributed by atoms with E-state index in [0.717, 1.165) is 18.4 Å². The van der Waals surface area contributed by atoms with Gasteiger partial charge in [0.2, 0.25) is 0 Å². The zero-order valence-electron chi connectivity index (χ0n) is 11.1. The molecule has 0 aromatic heterocycles. The average Bonchev–Trinajstić information content (AvgIpc) is 2.28. The van der Waals surface area contributed by atoms with E-state index in [-0.39, 0.29) is 11.5 Å². The van der Waals surface area contributed by atoms with Crippen molar-refractivity contribution in [2.24, 2.45) is 0 Å². The first-order valence-corrected chi connectivity index (χ1v) is 6.45. The minimum atomic E-state index is -0.441. The Morgan fingerprint density at radius 2 is 1.83 bits per heavy atom. The fourth-order valence-corrected chi connectivity index (χ4v) is 2.37. The maximum absolute atomic E-state index is 14.3. The molecular formula is C16H18F2. The molecule has 0 saturated heterocycles. The van der Waals surface area contributed by atoms with Crippen LogP contribution in [0.3, 0.4) is 0 Å². The molecule has 0 saturated carbocycles. The molecule has 0 aliphatic rings. The third-order valence-electron chi connectivity index (χ3n) is 3.24. The Balaban J connectivity index is 2.66. The lowest BCUT2D eigenvalue weighted by Crippen LogP contribution is -1.99. The molecule has 18 heavy (non-hydrogen) atoms. The van der Waals surface area contributed by atoms with Crippen LogP contribution in [-0.4, -0.2) is 0 Å². The van der Waals surface area contributed by atoms with Crippen LogP contribution in [0, 0.1) is 11.6 Å². The van der Waals surface area contributed by atoms with E-state index in [1.54, 1.807) is 19.9 Å². The first kappa shape index (κ1) is 13.0. The monoisotopic (exact) mass is 248 g/mol. The summed E-state index contributed by atoms with van der Waals surface area (Å²) in [5.41, 5.74) is 1.31. The van der Waals surface area contributed by atoms with Gasteiger partial charge in [-0.2, -0.15) is 0 Å². The quantitative estimate of drug-likeness (QED) is 0.700. The largest absolute Gasteiger partial charge is 0.207 e. The summed E-state index contributed by atoms with van der Waals surface area (Å²) in [6, 6.07) is 7.03. The zero-order valence-corrected chi connectivity index (χ0v) is 11.1. The molecule has 0 radical (unpaired) electrons. The molecule has 0 amide bonds. The van der Waals surface area contributed by atoms with Gasteiger partial charge >= 0.3 is 0 Å². The minimum absolute atomic E-state index is 0.148. The van der Waals surface area contributed by atoms with E-state index in [1.807, 2.05) is 12.1 Å². The molecule has 0 fully saturated rings. The normalized spacial score (nSPS) is 11.4. The standard InChI is InChI=1S/C16H18F2/c1-4-5-11-6-7-13-12(8-11)9-14(17)15(10(2)3)16(13)18/h6-10H,4-5H2,1-3H3. The molecule has 0 aliphatic heterocycles. The molecule has 96 valence electrons. The highest BCUT2D eigenvalue weighted by Crippen LogP contribution is 2.29. The fraction of sp³-hybridized carbons (Fsp3) is 0.375. The topological polar surface area (TPSA) is 0 Å². The van der Waals surface area contributed by atoms with Gasteiger partial charge in [-0.3, -0.25) is 0 Å². The first-order valence-electron chi connectivity index (χ1n) is 6.45. The summed E-state index contributed by atoms with van der Waals surface area (Å²) in [6.07, 6.45) is 1.96. The molecule has 0 bridgehead atoms. The minimum Gasteiger partial charge on any atom is -0.207 e. The Kier molecular flexibility index (Phi) is 3.65. The molecule has 2 aromatic carbocycles. The molecule has 0 unspecified atom stereocenters. The molecule has 2 rings (SSSR count). The van der Waals surface area contributed by atoms with E-state index in [4.69, 9.17) is 0 Å². The first-order chi connectivity index (χ1) is 8.54. The zero-order chi connectivity index (χ0) is 13.3. The summed E-state index contributed by atoms with van der Waals surface area (Å²) in [7, 11) is 0. The Morgan fingerprint density at radius 3 is 2.44 bits per heavy atom. The van der Waals surface area contributed by atoms with Crippen LogP contribution in [0.4, 0.5) is 8.78 Å².